The minimum Gasteiger partial charge on any atom is -0.477 e. The van der Waals surface area contributed by atoms with Crippen LogP contribution in [0.5, 0.6) is 0 Å². The topological polar surface area (TPSA) is 113 Å². The Morgan fingerprint density at radius 3 is 2.71 bits per heavy atom. The highest BCUT2D eigenvalue weighted by molar-refractivity contribution is 5.94. The molecule has 1 fully saturated rings. The number of piperazine rings is 1. The molecule has 8 heteroatoms. The molecular weight excluding hydrogens is 278 g/mol. The van der Waals surface area contributed by atoms with Gasteiger partial charge in [0.05, 0.1) is 4.92 Å². The average molecular weight is 293 g/mol. The number of carboxylic acid groups (broad SMARTS) is 1. The van der Waals surface area contributed by atoms with Gasteiger partial charge in [-0.15, -0.1) is 0 Å². The van der Waals surface area contributed by atoms with Crippen molar-refractivity contribution >= 4 is 23.3 Å². The monoisotopic (exact) mass is 293 g/mol. The van der Waals surface area contributed by atoms with Gasteiger partial charge in [-0.25, -0.2) is 4.79 Å². The van der Waals surface area contributed by atoms with Crippen molar-refractivity contribution in [2.24, 2.45) is 0 Å². The lowest BCUT2D eigenvalue weighted by Crippen LogP contribution is -2.62. The van der Waals surface area contributed by atoms with Crippen LogP contribution in [-0.2, 0) is 4.79 Å². The maximum absolute atomic E-state index is 11.9. The van der Waals surface area contributed by atoms with Crippen LogP contribution in [0.25, 0.3) is 0 Å². The molecule has 0 saturated carbocycles. The molecule has 0 aromatic heterocycles. The van der Waals surface area contributed by atoms with Gasteiger partial charge in [0, 0.05) is 24.8 Å². The molecule has 1 aliphatic heterocycles. The van der Waals surface area contributed by atoms with E-state index in [0.29, 0.717) is 18.8 Å². The smallest absolute Gasteiger partial charge is 0.342 e. The number of nitro benzene ring substituents is 1. The molecule has 1 saturated heterocycles. The Morgan fingerprint density at radius 2 is 2.14 bits per heavy atom. The van der Waals surface area contributed by atoms with Crippen molar-refractivity contribution < 1.29 is 19.6 Å². The normalized spacial score (nSPS) is 17.2. The van der Waals surface area contributed by atoms with Crippen LogP contribution in [0, 0.1) is 10.1 Å². The molecule has 2 rings (SSSR count). The zero-order valence-electron chi connectivity index (χ0n) is 11.6. The average Bonchev–Trinajstić information content (AvgIpc) is 2.41. The number of anilines is 1. The summed E-state index contributed by atoms with van der Waals surface area (Å²) in [6.45, 7) is 4.33. The van der Waals surface area contributed by atoms with Gasteiger partial charge in [-0.2, -0.15) is 0 Å². The summed E-state index contributed by atoms with van der Waals surface area (Å²) in [7, 11) is 0. The maximum Gasteiger partial charge on any atom is 0.342 e. The Kier molecular flexibility index (Phi) is 3.54. The second kappa shape index (κ2) is 5.04. The van der Waals surface area contributed by atoms with E-state index < -0.39 is 22.1 Å². The van der Waals surface area contributed by atoms with Gasteiger partial charge in [-0.1, -0.05) is 0 Å². The van der Waals surface area contributed by atoms with Crippen molar-refractivity contribution in [1.29, 1.82) is 0 Å². The van der Waals surface area contributed by atoms with Crippen LogP contribution in [0.2, 0.25) is 0 Å². The number of amides is 1. The number of carbonyl (C=O) groups excluding carboxylic acids is 1. The molecular formula is C13H15N3O5. The number of benzene rings is 1. The summed E-state index contributed by atoms with van der Waals surface area (Å²) in [6.07, 6.45) is 0. The van der Waals surface area contributed by atoms with E-state index in [4.69, 9.17) is 5.11 Å². The zero-order chi connectivity index (χ0) is 15.8. The quantitative estimate of drug-likeness (QED) is 0.635. The number of nitrogens with zero attached hydrogens (tertiary/aromatic N) is 2. The standard InChI is InChI=1S/C13H15N3O5/c1-13(2)12(19)14-5-6-15(13)8-3-4-9(11(17)18)10(7-8)16(20)21/h3-4,7H,5-6H2,1-2H3,(H,14,19)(H,17,18). The first kappa shape index (κ1) is 14.8. The van der Waals surface area contributed by atoms with Crippen LogP contribution in [0.1, 0.15) is 24.2 Å². The SMILES string of the molecule is CC1(C)C(=O)NCCN1c1ccc(C(=O)O)c([N+](=O)[O-])c1. The van der Waals surface area contributed by atoms with Gasteiger partial charge in [-0.3, -0.25) is 14.9 Å². The van der Waals surface area contributed by atoms with E-state index in [1.54, 1.807) is 18.7 Å². The number of rotatable bonds is 3. The number of carboxylic acids is 1. The molecule has 8 nitrogen and oxygen atoms in total. The fourth-order valence-corrected chi connectivity index (χ4v) is 2.37. The second-order valence-electron chi connectivity index (χ2n) is 5.23. The fraction of sp³-hybridized carbons (Fsp3) is 0.385. The lowest BCUT2D eigenvalue weighted by Gasteiger charge is -2.42. The second-order valence-corrected chi connectivity index (χ2v) is 5.23. The number of hydrogen-bond donors (Lipinski definition) is 2. The van der Waals surface area contributed by atoms with Crippen molar-refractivity contribution in [3.05, 3.63) is 33.9 Å². The van der Waals surface area contributed by atoms with Gasteiger partial charge in [0.2, 0.25) is 5.91 Å². The van der Waals surface area contributed by atoms with Crippen LogP contribution in [0.3, 0.4) is 0 Å². The lowest BCUT2D eigenvalue weighted by molar-refractivity contribution is -0.385. The summed E-state index contributed by atoms with van der Waals surface area (Å²) in [5, 5.41) is 22.7. The first-order chi connectivity index (χ1) is 9.75. The third-order valence-corrected chi connectivity index (χ3v) is 3.57. The summed E-state index contributed by atoms with van der Waals surface area (Å²) in [4.78, 5) is 34.9. The van der Waals surface area contributed by atoms with Crippen molar-refractivity contribution in [2.45, 2.75) is 19.4 Å². The summed E-state index contributed by atoms with van der Waals surface area (Å²) < 4.78 is 0. The van der Waals surface area contributed by atoms with E-state index >= 15 is 0 Å². The largest absolute Gasteiger partial charge is 0.477 e. The van der Waals surface area contributed by atoms with Crippen LogP contribution in [-0.4, -0.2) is 40.5 Å². The molecule has 0 unspecified atom stereocenters. The lowest BCUT2D eigenvalue weighted by atomic mass is 9.97. The summed E-state index contributed by atoms with van der Waals surface area (Å²) in [5.41, 5.74) is -1.27. The molecule has 1 heterocycles. The van der Waals surface area contributed by atoms with E-state index in [9.17, 15) is 19.7 Å². The molecule has 0 spiro atoms. The van der Waals surface area contributed by atoms with Gasteiger partial charge in [-0.05, 0) is 26.0 Å². The highest BCUT2D eigenvalue weighted by Crippen LogP contribution is 2.31. The Bertz CT molecular complexity index is 626. The van der Waals surface area contributed by atoms with Gasteiger partial charge < -0.3 is 15.3 Å². The van der Waals surface area contributed by atoms with Gasteiger partial charge in [0.1, 0.15) is 11.1 Å². The number of aromatic carboxylic acids is 1. The van der Waals surface area contributed by atoms with E-state index in [-0.39, 0.29) is 11.5 Å². The number of hydrogen-bond acceptors (Lipinski definition) is 5. The summed E-state index contributed by atoms with van der Waals surface area (Å²) >= 11 is 0. The molecule has 0 bridgehead atoms. The molecule has 21 heavy (non-hydrogen) atoms. The molecule has 1 aliphatic rings. The predicted molar refractivity (Wildman–Crippen MR) is 74.5 cm³/mol. The van der Waals surface area contributed by atoms with Crippen LogP contribution in [0.15, 0.2) is 18.2 Å². The Balaban J connectivity index is 2.50. The van der Waals surface area contributed by atoms with Gasteiger partial charge >= 0.3 is 5.97 Å². The highest BCUT2D eigenvalue weighted by atomic mass is 16.6. The number of nitrogens with one attached hydrogen (secondary N) is 1. The van der Waals surface area contributed by atoms with E-state index in [1.807, 2.05) is 0 Å². The Morgan fingerprint density at radius 1 is 1.48 bits per heavy atom. The molecule has 0 aliphatic carbocycles. The highest BCUT2D eigenvalue weighted by Gasteiger charge is 2.38. The van der Waals surface area contributed by atoms with Gasteiger partial charge in [0.25, 0.3) is 5.69 Å². The third kappa shape index (κ3) is 2.51. The summed E-state index contributed by atoms with van der Waals surface area (Å²) in [6, 6.07) is 3.87. The maximum atomic E-state index is 11.9. The molecule has 1 aromatic carbocycles. The van der Waals surface area contributed by atoms with Crippen molar-refractivity contribution in [3.8, 4) is 0 Å². The minimum absolute atomic E-state index is 0.182. The molecule has 0 radical (unpaired) electrons. The van der Waals surface area contributed by atoms with Crippen LogP contribution >= 0.6 is 0 Å². The first-order valence-electron chi connectivity index (χ1n) is 6.33. The molecule has 0 atom stereocenters. The Hall–Kier alpha value is -2.64. The number of carbonyl (C=O) groups is 2. The minimum atomic E-state index is -1.36. The predicted octanol–water partition coefficient (Wildman–Crippen LogP) is 1.01. The molecule has 1 aromatic rings. The molecule has 112 valence electrons. The van der Waals surface area contributed by atoms with Crippen LogP contribution in [0.4, 0.5) is 11.4 Å². The summed E-state index contributed by atoms with van der Waals surface area (Å²) in [5.74, 6) is -1.54. The van der Waals surface area contributed by atoms with Gasteiger partial charge in [0.15, 0.2) is 0 Å². The molecule has 1 amide bonds. The zero-order valence-corrected chi connectivity index (χ0v) is 11.6. The number of nitro groups is 1. The molecule has 2 N–H and O–H groups in total. The Labute approximate surface area is 120 Å². The van der Waals surface area contributed by atoms with Crippen molar-refractivity contribution in [2.75, 3.05) is 18.0 Å². The van der Waals surface area contributed by atoms with Crippen molar-refractivity contribution in [3.63, 3.8) is 0 Å². The van der Waals surface area contributed by atoms with E-state index in [0.717, 1.165) is 0 Å². The fourth-order valence-electron chi connectivity index (χ4n) is 2.37. The van der Waals surface area contributed by atoms with Crippen LogP contribution < -0.4 is 10.2 Å². The van der Waals surface area contributed by atoms with E-state index in [1.165, 1.54) is 18.2 Å². The first-order valence-corrected chi connectivity index (χ1v) is 6.33. The van der Waals surface area contributed by atoms with Crippen molar-refractivity contribution in [1.82, 2.24) is 5.32 Å². The van der Waals surface area contributed by atoms with E-state index in [2.05, 4.69) is 5.32 Å². The third-order valence-electron chi connectivity index (χ3n) is 3.57.